The Hall–Kier alpha value is -5.11. The number of nitrogens with zero attached hydrogens (tertiary/aromatic N) is 1. The zero-order valence-corrected chi connectivity index (χ0v) is 25.3. The quantitative estimate of drug-likeness (QED) is 0.0976. The van der Waals surface area contributed by atoms with Crippen LogP contribution in [0.3, 0.4) is 0 Å². The topological polar surface area (TPSA) is 94.2 Å². The standard InChI is InChI=1S/C36H38N2O6/c1-4-34(39)38(28-14-10-15-30(25-28)42-2)22-11-23-44-29-20-18-26(19-21-29)24-33(36(41)43-3)37-32-17-9-8-16-31(32)35(40)27-12-6-5-7-13-27/h5-10,12-21,25,33,37H,4,11,22-24H2,1-3H3. The molecule has 0 aliphatic heterocycles. The molecule has 0 bridgehead atoms. The Labute approximate surface area is 258 Å². The Morgan fingerprint density at radius 3 is 2.25 bits per heavy atom. The number of ketones is 1. The Bertz CT molecular complexity index is 1540. The van der Waals surface area contributed by atoms with Gasteiger partial charge in [0.15, 0.2) is 5.78 Å². The van der Waals surface area contributed by atoms with Crippen molar-refractivity contribution < 1.29 is 28.6 Å². The van der Waals surface area contributed by atoms with Crippen LogP contribution in [0, 0.1) is 0 Å². The van der Waals surface area contributed by atoms with E-state index in [4.69, 9.17) is 14.2 Å². The molecule has 1 amide bonds. The molecule has 4 aromatic rings. The summed E-state index contributed by atoms with van der Waals surface area (Å²) >= 11 is 0. The average Bonchev–Trinajstić information content (AvgIpc) is 3.08. The van der Waals surface area contributed by atoms with Gasteiger partial charge in [-0.25, -0.2) is 4.79 Å². The SMILES string of the molecule is CCC(=O)N(CCCOc1ccc(CC(Nc2ccccc2C(=O)c2ccccc2)C(=O)OC)cc1)c1cccc(OC)c1. The van der Waals surface area contributed by atoms with E-state index in [0.29, 0.717) is 60.7 Å². The van der Waals surface area contributed by atoms with Gasteiger partial charge >= 0.3 is 5.97 Å². The molecule has 0 aliphatic rings. The first-order valence-electron chi connectivity index (χ1n) is 14.6. The largest absolute Gasteiger partial charge is 0.497 e. The van der Waals surface area contributed by atoms with Gasteiger partial charge in [-0.15, -0.1) is 0 Å². The fraction of sp³-hybridized carbons (Fsp3) is 0.250. The minimum atomic E-state index is -0.713. The summed E-state index contributed by atoms with van der Waals surface area (Å²) in [5.41, 5.74) is 3.28. The van der Waals surface area contributed by atoms with E-state index in [-0.39, 0.29) is 11.7 Å². The van der Waals surface area contributed by atoms with Crippen molar-refractivity contribution >= 4 is 29.0 Å². The van der Waals surface area contributed by atoms with Crippen molar-refractivity contribution in [3.05, 3.63) is 120 Å². The molecule has 1 unspecified atom stereocenters. The Balaban J connectivity index is 1.36. The highest BCUT2D eigenvalue weighted by atomic mass is 16.5. The predicted octanol–water partition coefficient (Wildman–Crippen LogP) is 6.33. The zero-order chi connectivity index (χ0) is 31.3. The minimum absolute atomic E-state index is 0.0310. The van der Waals surface area contributed by atoms with Gasteiger partial charge in [0.1, 0.15) is 17.5 Å². The van der Waals surface area contributed by atoms with Gasteiger partial charge in [-0.3, -0.25) is 9.59 Å². The Morgan fingerprint density at radius 2 is 1.55 bits per heavy atom. The summed E-state index contributed by atoms with van der Waals surface area (Å²) in [7, 11) is 2.95. The smallest absolute Gasteiger partial charge is 0.328 e. The number of amides is 1. The molecule has 0 fully saturated rings. The second-order valence-corrected chi connectivity index (χ2v) is 10.1. The number of carbonyl (C=O) groups is 3. The van der Waals surface area contributed by atoms with E-state index in [0.717, 1.165) is 11.3 Å². The maximum Gasteiger partial charge on any atom is 0.328 e. The number of nitrogens with one attached hydrogen (secondary N) is 1. The Kier molecular flexibility index (Phi) is 11.5. The average molecular weight is 595 g/mol. The van der Waals surface area contributed by atoms with Gasteiger partial charge in [0.05, 0.1) is 20.8 Å². The molecule has 0 spiro atoms. The van der Waals surface area contributed by atoms with Crippen LogP contribution in [0.25, 0.3) is 0 Å². The monoisotopic (exact) mass is 594 g/mol. The third-order valence-corrected chi connectivity index (χ3v) is 7.15. The molecular formula is C36H38N2O6. The third-order valence-electron chi connectivity index (χ3n) is 7.15. The number of methoxy groups -OCH3 is 2. The lowest BCUT2D eigenvalue weighted by atomic mass is 10.00. The van der Waals surface area contributed by atoms with Crippen LogP contribution in [0.4, 0.5) is 11.4 Å². The molecule has 0 radical (unpaired) electrons. The number of esters is 1. The number of hydrogen-bond donors (Lipinski definition) is 1. The molecule has 0 heterocycles. The summed E-state index contributed by atoms with van der Waals surface area (Å²) in [5, 5.41) is 3.23. The number of anilines is 2. The van der Waals surface area contributed by atoms with Gasteiger partial charge in [-0.05, 0) is 48.4 Å². The van der Waals surface area contributed by atoms with Crippen LogP contribution >= 0.6 is 0 Å². The second-order valence-electron chi connectivity index (χ2n) is 10.1. The lowest BCUT2D eigenvalue weighted by Gasteiger charge is -2.23. The normalized spacial score (nSPS) is 11.2. The highest BCUT2D eigenvalue weighted by molar-refractivity contribution is 6.12. The van der Waals surface area contributed by atoms with Crippen LogP contribution in [0.15, 0.2) is 103 Å². The van der Waals surface area contributed by atoms with Gasteiger partial charge < -0.3 is 24.4 Å². The molecule has 0 saturated carbocycles. The molecule has 4 aromatic carbocycles. The first kappa shape index (κ1) is 31.8. The van der Waals surface area contributed by atoms with Gasteiger partial charge in [0.2, 0.25) is 5.91 Å². The van der Waals surface area contributed by atoms with E-state index in [2.05, 4.69) is 5.32 Å². The maximum absolute atomic E-state index is 13.2. The molecule has 228 valence electrons. The van der Waals surface area contributed by atoms with E-state index >= 15 is 0 Å². The lowest BCUT2D eigenvalue weighted by molar-refractivity contribution is -0.141. The highest BCUT2D eigenvalue weighted by Crippen LogP contribution is 2.24. The number of rotatable bonds is 15. The zero-order valence-electron chi connectivity index (χ0n) is 25.3. The summed E-state index contributed by atoms with van der Waals surface area (Å²) < 4.78 is 16.3. The first-order chi connectivity index (χ1) is 21.4. The third kappa shape index (κ3) is 8.47. The molecule has 0 saturated heterocycles. The number of hydrogen-bond acceptors (Lipinski definition) is 7. The van der Waals surface area contributed by atoms with Crippen molar-refractivity contribution in [1.82, 2.24) is 0 Å². The fourth-order valence-corrected chi connectivity index (χ4v) is 4.81. The van der Waals surface area contributed by atoms with Crippen LogP contribution in [0.5, 0.6) is 11.5 Å². The van der Waals surface area contributed by atoms with Crippen molar-refractivity contribution in [3.63, 3.8) is 0 Å². The van der Waals surface area contributed by atoms with E-state index in [9.17, 15) is 14.4 Å². The summed E-state index contributed by atoms with van der Waals surface area (Å²) in [6, 6.07) is 30.4. The fourth-order valence-electron chi connectivity index (χ4n) is 4.81. The van der Waals surface area contributed by atoms with Gasteiger partial charge in [-0.1, -0.05) is 67.6 Å². The molecule has 1 N–H and O–H groups in total. The summed E-state index contributed by atoms with van der Waals surface area (Å²) in [6.07, 6.45) is 1.38. The van der Waals surface area contributed by atoms with Gasteiger partial charge in [0.25, 0.3) is 0 Å². The maximum atomic E-state index is 13.2. The van der Waals surface area contributed by atoms with Crippen LogP contribution in [-0.4, -0.2) is 51.1 Å². The Morgan fingerprint density at radius 1 is 0.818 bits per heavy atom. The van der Waals surface area contributed by atoms with Crippen LogP contribution in [0.2, 0.25) is 0 Å². The number of ether oxygens (including phenoxy) is 3. The van der Waals surface area contributed by atoms with E-state index < -0.39 is 12.0 Å². The van der Waals surface area contributed by atoms with Gasteiger partial charge in [-0.2, -0.15) is 0 Å². The summed E-state index contributed by atoms with van der Waals surface area (Å²) in [5.74, 6) is 0.842. The molecule has 1 atom stereocenters. The van der Waals surface area contributed by atoms with Crippen molar-refractivity contribution in [2.24, 2.45) is 0 Å². The van der Waals surface area contributed by atoms with Crippen LogP contribution in [-0.2, 0) is 20.7 Å². The van der Waals surface area contributed by atoms with E-state index in [1.54, 1.807) is 42.3 Å². The van der Waals surface area contributed by atoms with Crippen LogP contribution < -0.4 is 19.7 Å². The van der Waals surface area contributed by atoms with Crippen molar-refractivity contribution in [2.75, 3.05) is 37.6 Å². The minimum Gasteiger partial charge on any atom is -0.497 e. The molecule has 44 heavy (non-hydrogen) atoms. The van der Waals surface area contributed by atoms with E-state index in [1.807, 2.05) is 79.7 Å². The van der Waals surface area contributed by atoms with Gasteiger partial charge in [0, 0.05) is 48.0 Å². The predicted molar refractivity (Wildman–Crippen MR) is 172 cm³/mol. The van der Waals surface area contributed by atoms with Crippen molar-refractivity contribution in [1.29, 1.82) is 0 Å². The van der Waals surface area contributed by atoms with E-state index in [1.165, 1.54) is 7.11 Å². The van der Waals surface area contributed by atoms with Crippen molar-refractivity contribution in [2.45, 2.75) is 32.2 Å². The molecule has 0 aliphatic carbocycles. The second kappa shape index (κ2) is 15.9. The number of benzene rings is 4. The summed E-state index contributed by atoms with van der Waals surface area (Å²) in [4.78, 5) is 40.3. The molecule has 0 aromatic heterocycles. The highest BCUT2D eigenvalue weighted by Gasteiger charge is 2.23. The molecule has 8 heteroatoms. The number of carbonyl (C=O) groups excluding carboxylic acids is 3. The van der Waals surface area contributed by atoms with Crippen molar-refractivity contribution in [3.8, 4) is 11.5 Å². The summed E-state index contributed by atoms with van der Waals surface area (Å²) in [6.45, 7) is 2.78. The number of para-hydroxylation sites is 1. The van der Waals surface area contributed by atoms with Crippen LogP contribution in [0.1, 0.15) is 41.3 Å². The molecular weight excluding hydrogens is 556 g/mol. The molecule has 8 nitrogen and oxygen atoms in total. The molecule has 4 rings (SSSR count). The first-order valence-corrected chi connectivity index (χ1v) is 14.6. The lowest BCUT2D eigenvalue weighted by Crippen LogP contribution is -2.33.